The number of amides is 2. The summed E-state index contributed by atoms with van der Waals surface area (Å²) in [7, 11) is 6.21. The van der Waals surface area contributed by atoms with Gasteiger partial charge in [0.05, 0.1) is 40.5 Å². The van der Waals surface area contributed by atoms with Crippen LogP contribution in [0.2, 0.25) is 0 Å². The van der Waals surface area contributed by atoms with Crippen molar-refractivity contribution < 1.29 is 38.7 Å². The first kappa shape index (κ1) is 46.5. The maximum Gasteiger partial charge on any atom is 0.239 e. The fraction of sp³-hybridized carbons (Fsp3) is 0.220. The summed E-state index contributed by atoms with van der Waals surface area (Å²) in [6.45, 7) is 0. The van der Waals surface area contributed by atoms with Crippen LogP contribution in [0, 0.1) is 5.41 Å². The molecule has 69 heavy (non-hydrogen) atoms. The molecule has 2 atom stereocenters. The standard InChI is InChI=1S/C59H56N2O8/c1-66-45-25-13-21-41(35-45)58(64,42-22-14-26-46(36-42)67-2)53(51-31-11-19-39-17-5-7-29-49(39)51)61(56(63)57(55(60)62)33-9-10-34-57)54(52-32-12-20-40-18-6-8-30-50(40)52)59(65,43-23-15-27-47(37-43)68-3)44-24-16-28-48(38-44)69-4/h5-8,11-32,35-38,53-54,64-65H,9-10,33-34H2,1-4H3,(H2,60,62)/t53-,54-/m0/s1. The summed E-state index contributed by atoms with van der Waals surface area (Å²) in [5.74, 6) is 0.341. The number of carbonyl (C=O) groups is 2. The Kier molecular flexibility index (Phi) is 12.9. The minimum absolute atomic E-state index is 0.148. The van der Waals surface area contributed by atoms with Gasteiger partial charge in [0, 0.05) is 0 Å². The zero-order chi connectivity index (χ0) is 48.3. The molecular weight excluding hydrogens is 865 g/mol. The van der Waals surface area contributed by atoms with Crippen molar-refractivity contribution >= 4 is 33.4 Å². The van der Waals surface area contributed by atoms with Crippen LogP contribution in [0.15, 0.2) is 182 Å². The first-order valence-electron chi connectivity index (χ1n) is 23.1. The maximum absolute atomic E-state index is 17.2. The van der Waals surface area contributed by atoms with Crippen LogP contribution in [-0.2, 0) is 20.8 Å². The van der Waals surface area contributed by atoms with Crippen molar-refractivity contribution in [3.8, 4) is 23.0 Å². The number of hydrogen-bond donors (Lipinski definition) is 3. The van der Waals surface area contributed by atoms with Crippen LogP contribution in [0.1, 0.15) is 71.1 Å². The van der Waals surface area contributed by atoms with Gasteiger partial charge in [0.1, 0.15) is 39.6 Å². The molecule has 350 valence electrons. The Morgan fingerprint density at radius 1 is 0.493 bits per heavy atom. The van der Waals surface area contributed by atoms with Crippen LogP contribution < -0.4 is 24.7 Å². The number of nitrogens with two attached hydrogens (primary N) is 1. The van der Waals surface area contributed by atoms with Gasteiger partial charge in [-0.1, -0.05) is 146 Å². The van der Waals surface area contributed by atoms with Gasteiger partial charge in [-0.15, -0.1) is 0 Å². The van der Waals surface area contributed by atoms with Gasteiger partial charge < -0.3 is 39.8 Å². The van der Waals surface area contributed by atoms with E-state index in [0.717, 1.165) is 21.5 Å². The third-order valence-electron chi connectivity index (χ3n) is 14.2. The number of aliphatic hydroxyl groups is 2. The number of hydrogen-bond acceptors (Lipinski definition) is 8. The molecule has 1 fully saturated rings. The highest BCUT2D eigenvalue weighted by Crippen LogP contribution is 2.58. The molecular formula is C59H56N2O8. The Morgan fingerprint density at radius 3 is 1.14 bits per heavy atom. The van der Waals surface area contributed by atoms with E-state index in [0.29, 0.717) is 69.2 Å². The topological polar surface area (TPSA) is 141 Å². The zero-order valence-electron chi connectivity index (χ0n) is 39.2. The number of nitrogens with zero attached hydrogens (tertiary/aromatic N) is 1. The van der Waals surface area contributed by atoms with E-state index in [1.165, 1.54) is 0 Å². The second-order valence-electron chi connectivity index (χ2n) is 17.8. The summed E-state index contributed by atoms with van der Waals surface area (Å²) in [6.07, 6.45) is 1.39. The molecule has 1 saturated carbocycles. The highest BCUT2D eigenvalue weighted by atomic mass is 16.5. The molecule has 0 bridgehead atoms. The van der Waals surface area contributed by atoms with Gasteiger partial charge in [-0.2, -0.15) is 0 Å². The van der Waals surface area contributed by atoms with Crippen LogP contribution in [0.3, 0.4) is 0 Å². The number of rotatable bonds is 16. The lowest BCUT2D eigenvalue weighted by atomic mass is 9.69. The molecule has 4 N–H and O–H groups in total. The van der Waals surface area contributed by atoms with E-state index in [1.807, 2.05) is 84.9 Å². The molecule has 0 heterocycles. The molecule has 1 aliphatic carbocycles. The average molecular weight is 921 g/mol. The fourth-order valence-corrected chi connectivity index (χ4v) is 10.7. The van der Waals surface area contributed by atoms with Crippen LogP contribution >= 0.6 is 0 Å². The van der Waals surface area contributed by atoms with E-state index < -0.39 is 40.5 Å². The van der Waals surface area contributed by atoms with Crippen molar-refractivity contribution in [3.63, 3.8) is 0 Å². The van der Waals surface area contributed by atoms with Gasteiger partial charge >= 0.3 is 0 Å². The molecule has 10 nitrogen and oxygen atoms in total. The number of benzene rings is 8. The van der Waals surface area contributed by atoms with E-state index >= 15 is 4.79 Å². The van der Waals surface area contributed by atoms with Crippen LogP contribution in [0.4, 0.5) is 0 Å². The largest absolute Gasteiger partial charge is 0.497 e. The summed E-state index contributed by atoms with van der Waals surface area (Å²) in [4.78, 5) is 33.3. The number of primary amides is 1. The summed E-state index contributed by atoms with van der Waals surface area (Å²) < 4.78 is 23.4. The summed E-state index contributed by atoms with van der Waals surface area (Å²) in [5, 5.41) is 32.9. The minimum atomic E-state index is -2.23. The first-order valence-corrected chi connectivity index (χ1v) is 23.1. The van der Waals surface area contributed by atoms with E-state index in [1.54, 1.807) is 130 Å². The van der Waals surface area contributed by atoms with E-state index in [2.05, 4.69) is 0 Å². The molecule has 0 saturated heterocycles. The summed E-state index contributed by atoms with van der Waals surface area (Å²) >= 11 is 0. The maximum atomic E-state index is 17.2. The number of methoxy groups -OCH3 is 4. The molecule has 8 aromatic carbocycles. The van der Waals surface area contributed by atoms with Crippen molar-refractivity contribution in [2.24, 2.45) is 11.1 Å². The lowest BCUT2D eigenvalue weighted by Crippen LogP contribution is -2.59. The molecule has 1 aliphatic rings. The van der Waals surface area contributed by atoms with Gasteiger partial charge in [-0.25, -0.2) is 0 Å². The smallest absolute Gasteiger partial charge is 0.239 e. The van der Waals surface area contributed by atoms with Crippen LogP contribution in [0.25, 0.3) is 21.5 Å². The Morgan fingerprint density at radius 2 is 0.812 bits per heavy atom. The first-order chi connectivity index (χ1) is 33.5. The highest BCUT2D eigenvalue weighted by Gasteiger charge is 2.60. The Labute approximate surface area is 402 Å². The molecule has 2 amide bonds. The molecule has 0 spiro atoms. The molecule has 0 aromatic heterocycles. The Balaban J connectivity index is 1.55. The molecule has 9 rings (SSSR count). The Hall–Kier alpha value is -7.66. The fourth-order valence-electron chi connectivity index (χ4n) is 10.7. The van der Waals surface area contributed by atoms with Crippen LogP contribution in [0.5, 0.6) is 23.0 Å². The molecule has 0 aliphatic heterocycles. The normalized spacial score (nSPS) is 14.5. The molecule has 0 radical (unpaired) electrons. The predicted molar refractivity (Wildman–Crippen MR) is 268 cm³/mol. The number of fused-ring (bicyclic) bond motifs is 2. The predicted octanol–water partition coefficient (Wildman–Crippen LogP) is 10.6. The second-order valence-corrected chi connectivity index (χ2v) is 17.8. The summed E-state index contributed by atoms with van der Waals surface area (Å²) in [5.41, 5.74) is 2.81. The summed E-state index contributed by atoms with van der Waals surface area (Å²) in [6, 6.07) is 52.7. The van der Waals surface area contributed by atoms with E-state index in [4.69, 9.17) is 24.7 Å². The van der Waals surface area contributed by atoms with E-state index in [-0.39, 0.29) is 12.8 Å². The molecule has 10 heteroatoms. The van der Waals surface area contributed by atoms with Crippen molar-refractivity contribution in [3.05, 3.63) is 215 Å². The van der Waals surface area contributed by atoms with Crippen molar-refractivity contribution in [1.82, 2.24) is 4.90 Å². The minimum Gasteiger partial charge on any atom is -0.497 e. The monoisotopic (exact) mass is 920 g/mol. The average Bonchev–Trinajstić information content (AvgIpc) is 3.92. The van der Waals surface area contributed by atoms with Gasteiger partial charge in [-0.05, 0) is 116 Å². The third kappa shape index (κ3) is 8.09. The van der Waals surface area contributed by atoms with E-state index in [9.17, 15) is 15.0 Å². The van der Waals surface area contributed by atoms with Crippen molar-refractivity contribution in [2.45, 2.75) is 49.0 Å². The van der Waals surface area contributed by atoms with Crippen molar-refractivity contribution in [2.75, 3.05) is 28.4 Å². The lowest BCUT2D eigenvalue weighted by molar-refractivity contribution is -0.168. The number of ether oxygens (including phenoxy) is 4. The molecule has 0 unspecified atom stereocenters. The zero-order valence-corrected chi connectivity index (χ0v) is 39.2. The highest BCUT2D eigenvalue weighted by molar-refractivity contribution is 6.05. The lowest BCUT2D eigenvalue weighted by Gasteiger charge is -2.53. The van der Waals surface area contributed by atoms with Gasteiger partial charge in [-0.3, -0.25) is 9.59 Å². The second kappa shape index (κ2) is 19.1. The van der Waals surface area contributed by atoms with Crippen LogP contribution in [-0.4, -0.2) is 55.4 Å². The van der Waals surface area contributed by atoms with Gasteiger partial charge in [0.2, 0.25) is 11.8 Å². The quantitative estimate of drug-likeness (QED) is 0.0814. The van der Waals surface area contributed by atoms with Gasteiger partial charge in [0.25, 0.3) is 0 Å². The number of carbonyl (C=O) groups excluding carboxylic acids is 2. The third-order valence-corrected chi connectivity index (χ3v) is 14.2. The molecule has 8 aromatic rings. The van der Waals surface area contributed by atoms with Crippen molar-refractivity contribution in [1.29, 1.82) is 0 Å². The SMILES string of the molecule is COc1cccc(C(O)(c2cccc(OC)c2)[C@H](c2cccc3ccccc23)N(C(=O)C2(C(N)=O)CCCC2)[C@@H](c2cccc3ccccc23)C(O)(c2cccc(OC)c2)c2cccc(OC)c2)c1. The Bertz CT molecular complexity index is 2870. The van der Waals surface area contributed by atoms with Gasteiger partial charge in [0.15, 0.2) is 0 Å².